The SMILES string of the molecule is CCCn1nc(C(=O)OC(C)C(=O)Nc2cccc(C(C)=O)c2)ccc1=O. The highest BCUT2D eigenvalue weighted by atomic mass is 16.5. The Kier molecular flexibility index (Phi) is 6.59. The van der Waals surface area contributed by atoms with Crippen molar-refractivity contribution in [2.45, 2.75) is 39.8 Å². The van der Waals surface area contributed by atoms with Crippen LogP contribution in [-0.2, 0) is 16.1 Å². The molecule has 27 heavy (non-hydrogen) atoms. The zero-order chi connectivity index (χ0) is 20.0. The first-order chi connectivity index (χ1) is 12.8. The van der Waals surface area contributed by atoms with Crippen molar-refractivity contribution in [2.24, 2.45) is 0 Å². The van der Waals surface area contributed by atoms with Gasteiger partial charge in [0.2, 0.25) is 0 Å². The number of hydrogen-bond acceptors (Lipinski definition) is 6. The standard InChI is InChI=1S/C19H21N3O5/c1-4-10-22-17(24)9-8-16(21-22)19(26)27-13(3)18(25)20-15-7-5-6-14(11-15)12(2)23/h5-9,11,13H,4,10H2,1-3H3,(H,20,25). The third-order valence-electron chi connectivity index (χ3n) is 3.70. The molecule has 1 amide bonds. The van der Waals surface area contributed by atoms with E-state index in [0.717, 1.165) is 0 Å². The highest BCUT2D eigenvalue weighted by Crippen LogP contribution is 2.12. The lowest BCUT2D eigenvalue weighted by Crippen LogP contribution is -2.31. The van der Waals surface area contributed by atoms with Crippen LogP contribution >= 0.6 is 0 Å². The minimum absolute atomic E-state index is 0.0544. The van der Waals surface area contributed by atoms with Gasteiger partial charge in [-0.3, -0.25) is 14.4 Å². The third kappa shape index (κ3) is 5.34. The van der Waals surface area contributed by atoms with E-state index in [4.69, 9.17) is 4.74 Å². The highest BCUT2D eigenvalue weighted by Gasteiger charge is 2.20. The number of esters is 1. The molecule has 1 N–H and O–H groups in total. The molecule has 0 spiro atoms. The number of amides is 1. The van der Waals surface area contributed by atoms with Crippen LogP contribution in [0.2, 0.25) is 0 Å². The molecule has 0 saturated carbocycles. The summed E-state index contributed by atoms with van der Waals surface area (Å²) in [6, 6.07) is 8.94. The number of Topliss-reactive ketones (excluding diaryl/α,β-unsaturated/α-hetero) is 1. The number of ether oxygens (including phenoxy) is 1. The first kappa shape index (κ1) is 20.0. The van der Waals surface area contributed by atoms with Gasteiger partial charge in [-0.05, 0) is 38.5 Å². The smallest absolute Gasteiger partial charge is 0.359 e. The number of aromatic nitrogens is 2. The summed E-state index contributed by atoms with van der Waals surface area (Å²) in [5.41, 5.74) is 0.510. The summed E-state index contributed by atoms with van der Waals surface area (Å²) in [5.74, 6) is -1.48. The van der Waals surface area contributed by atoms with E-state index in [1.165, 1.54) is 36.7 Å². The molecule has 2 aromatic rings. The first-order valence-electron chi connectivity index (χ1n) is 8.52. The summed E-state index contributed by atoms with van der Waals surface area (Å²) in [5, 5.41) is 6.54. The molecule has 8 nitrogen and oxygen atoms in total. The van der Waals surface area contributed by atoms with Crippen molar-refractivity contribution in [2.75, 3.05) is 5.32 Å². The minimum Gasteiger partial charge on any atom is -0.448 e. The lowest BCUT2D eigenvalue weighted by molar-refractivity contribution is -0.123. The van der Waals surface area contributed by atoms with Gasteiger partial charge in [-0.2, -0.15) is 5.10 Å². The van der Waals surface area contributed by atoms with Gasteiger partial charge < -0.3 is 10.1 Å². The first-order valence-corrected chi connectivity index (χ1v) is 8.52. The second kappa shape index (κ2) is 8.88. The van der Waals surface area contributed by atoms with Gasteiger partial charge in [-0.1, -0.05) is 19.1 Å². The number of carbonyl (C=O) groups is 3. The molecule has 0 aliphatic rings. The van der Waals surface area contributed by atoms with E-state index in [-0.39, 0.29) is 17.0 Å². The van der Waals surface area contributed by atoms with Crippen LogP contribution in [0, 0.1) is 0 Å². The average molecular weight is 371 g/mol. The molecule has 1 atom stereocenters. The van der Waals surface area contributed by atoms with Crippen molar-refractivity contribution >= 4 is 23.3 Å². The Morgan fingerprint density at radius 3 is 2.63 bits per heavy atom. The largest absolute Gasteiger partial charge is 0.448 e. The Morgan fingerprint density at radius 2 is 1.96 bits per heavy atom. The molecule has 0 bridgehead atoms. The number of carbonyl (C=O) groups excluding carboxylic acids is 3. The van der Waals surface area contributed by atoms with Gasteiger partial charge in [0.15, 0.2) is 17.6 Å². The fourth-order valence-corrected chi connectivity index (χ4v) is 2.26. The molecule has 1 unspecified atom stereocenters. The molecular formula is C19H21N3O5. The minimum atomic E-state index is -1.09. The van der Waals surface area contributed by atoms with Crippen LogP contribution in [0.25, 0.3) is 0 Å². The number of ketones is 1. The van der Waals surface area contributed by atoms with E-state index in [1.54, 1.807) is 18.2 Å². The van der Waals surface area contributed by atoms with Crippen LogP contribution in [0.15, 0.2) is 41.2 Å². The zero-order valence-corrected chi connectivity index (χ0v) is 15.4. The second-order valence-electron chi connectivity index (χ2n) is 5.95. The van der Waals surface area contributed by atoms with E-state index in [9.17, 15) is 19.2 Å². The number of hydrogen-bond donors (Lipinski definition) is 1. The van der Waals surface area contributed by atoms with Crippen molar-refractivity contribution in [3.63, 3.8) is 0 Å². The van der Waals surface area contributed by atoms with E-state index in [2.05, 4.69) is 10.4 Å². The average Bonchev–Trinajstić information content (AvgIpc) is 2.63. The molecule has 0 fully saturated rings. The van der Waals surface area contributed by atoms with Gasteiger partial charge in [0.25, 0.3) is 11.5 Å². The summed E-state index contributed by atoms with van der Waals surface area (Å²) in [6.07, 6.45) is -0.407. The fourth-order valence-electron chi connectivity index (χ4n) is 2.26. The Morgan fingerprint density at radius 1 is 1.22 bits per heavy atom. The number of benzene rings is 1. The van der Waals surface area contributed by atoms with Crippen molar-refractivity contribution in [1.82, 2.24) is 9.78 Å². The summed E-state index contributed by atoms with van der Waals surface area (Å²) in [7, 11) is 0. The fraction of sp³-hybridized carbons (Fsp3) is 0.316. The molecule has 142 valence electrons. The number of rotatable bonds is 7. The number of aryl methyl sites for hydroxylation is 1. The summed E-state index contributed by atoms with van der Waals surface area (Å²) in [6.45, 7) is 5.11. The van der Waals surface area contributed by atoms with Gasteiger partial charge in [-0.15, -0.1) is 0 Å². The highest BCUT2D eigenvalue weighted by molar-refractivity contribution is 5.99. The molecule has 8 heteroatoms. The number of nitrogens with zero attached hydrogens (tertiary/aromatic N) is 2. The van der Waals surface area contributed by atoms with Gasteiger partial charge in [0.05, 0.1) is 0 Å². The molecule has 1 heterocycles. The Bertz CT molecular complexity index is 920. The topological polar surface area (TPSA) is 107 Å². The summed E-state index contributed by atoms with van der Waals surface area (Å²) >= 11 is 0. The van der Waals surface area contributed by atoms with Crippen LogP contribution in [-0.4, -0.2) is 33.5 Å². The van der Waals surface area contributed by atoms with Gasteiger partial charge in [-0.25, -0.2) is 9.48 Å². The molecule has 1 aromatic heterocycles. The Hall–Kier alpha value is -3.29. The molecule has 0 aliphatic heterocycles. The molecule has 0 saturated heterocycles. The quantitative estimate of drug-likeness (QED) is 0.589. The molecule has 1 aromatic carbocycles. The normalized spacial score (nSPS) is 11.5. The van der Waals surface area contributed by atoms with E-state index in [0.29, 0.717) is 24.2 Å². The van der Waals surface area contributed by atoms with Crippen LogP contribution < -0.4 is 10.9 Å². The van der Waals surface area contributed by atoms with E-state index in [1.807, 2.05) is 6.92 Å². The summed E-state index contributed by atoms with van der Waals surface area (Å²) in [4.78, 5) is 47.5. The maximum atomic E-state index is 12.2. The number of nitrogens with one attached hydrogen (secondary N) is 1. The van der Waals surface area contributed by atoms with Crippen LogP contribution in [0.1, 0.15) is 48.0 Å². The van der Waals surface area contributed by atoms with Crippen molar-refractivity contribution in [3.05, 3.63) is 58.0 Å². The van der Waals surface area contributed by atoms with Crippen LogP contribution in [0.3, 0.4) is 0 Å². The van der Waals surface area contributed by atoms with E-state index < -0.39 is 18.0 Å². The number of anilines is 1. The lowest BCUT2D eigenvalue weighted by atomic mass is 10.1. The summed E-state index contributed by atoms with van der Waals surface area (Å²) < 4.78 is 6.30. The maximum absolute atomic E-state index is 12.2. The van der Waals surface area contributed by atoms with Crippen LogP contribution in [0.5, 0.6) is 0 Å². The predicted octanol–water partition coefficient (Wildman–Crippen LogP) is 2.04. The third-order valence-corrected chi connectivity index (χ3v) is 3.70. The molecule has 0 radical (unpaired) electrons. The van der Waals surface area contributed by atoms with Gasteiger partial charge in [0, 0.05) is 23.9 Å². The zero-order valence-electron chi connectivity index (χ0n) is 15.4. The molecular weight excluding hydrogens is 350 g/mol. The Balaban J connectivity index is 2.04. The monoisotopic (exact) mass is 371 g/mol. The van der Waals surface area contributed by atoms with Crippen molar-refractivity contribution in [3.8, 4) is 0 Å². The predicted molar refractivity (Wildman–Crippen MR) is 98.7 cm³/mol. The Labute approximate surface area is 156 Å². The molecule has 0 aliphatic carbocycles. The van der Waals surface area contributed by atoms with Gasteiger partial charge in [0.1, 0.15) is 0 Å². The van der Waals surface area contributed by atoms with Crippen molar-refractivity contribution in [1.29, 1.82) is 0 Å². The van der Waals surface area contributed by atoms with Crippen LogP contribution in [0.4, 0.5) is 5.69 Å². The second-order valence-corrected chi connectivity index (χ2v) is 5.95. The maximum Gasteiger partial charge on any atom is 0.359 e. The van der Waals surface area contributed by atoms with Gasteiger partial charge >= 0.3 is 5.97 Å². The van der Waals surface area contributed by atoms with E-state index >= 15 is 0 Å². The molecule has 2 rings (SSSR count). The lowest BCUT2D eigenvalue weighted by Gasteiger charge is -2.14. The van der Waals surface area contributed by atoms with Crippen molar-refractivity contribution < 1.29 is 19.1 Å².